The van der Waals surface area contributed by atoms with Gasteiger partial charge in [0.1, 0.15) is 5.60 Å². The minimum atomic E-state index is -1.09. The average molecular weight is 265 g/mol. The van der Waals surface area contributed by atoms with Crippen LogP contribution in [0.1, 0.15) is 46.2 Å². The number of rotatable bonds is 3. The third-order valence-corrected chi connectivity index (χ3v) is 2.50. The number of amides is 1. The molecule has 0 aliphatic heterocycles. The standard InChI is InChI=1S/C15H23NO3/c1-14(2,3)19-13(17)16-12(15(4,5)18)11-9-7-6-8-10-11/h6-10,12,18H,1-5H3,(H,16,17)/t12-/m1/s1. The lowest BCUT2D eigenvalue weighted by molar-refractivity contribution is 0.0163. The van der Waals surface area contributed by atoms with Crippen molar-refractivity contribution in [3.05, 3.63) is 35.9 Å². The molecule has 1 atom stereocenters. The van der Waals surface area contributed by atoms with E-state index in [9.17, 15) is 9.90 Å². The summed E-state index contributed by atoms with van der Waals surface area (Å²) in [7, 11) is 0. The summed E-state index contributed by atoms with van der Waals surface area (Å²) in [5.41, 5.74) is -0.815. The van der Waals surface area contributed by atoms with Crippen molar-refractivity contribution >= 4 is 6.09 Å². The van der Waals surface area contributed by atoms with Gasteiger partial charge in [-0.3, -0.25) is 0 Å². The van der Waals surface area contributed by atoms with E-state index in [-0.39, 0.29) is 0 Å². The van der Waals surface area contributed by atoms with Crippen molar-refractivity contribution in [2.75, 3.05) is 0 Å². The highest BCUT2D eigenvalue weighted by Crippen LogP contribution is 2.25. The van der Waals surface area contributed by atoms with E-state index in [1.165, 1.54) is 0 Å². The molecule has 4 nitrogen and oxygen atoms in total. The van der Waals surface area contributed by atoms with Gasteiger partial charge in [-0.2, -0.15) is 0 Å². The number of hydrogen-bond acceptors (Lipinski definition) is 3. The van der Waals surface area contributed by atoms with Crippen LogP contribution in [0.5, 0.6) is 0 Å². The van der Waals surface area contributed by atoms with Crippen LogP contribution >= 0.6 is 0 Å². The Morgan fingerprint density at radius 3 is 2.11 bits per heavy atom. The summed E-state index contributed by atoms with van der Waals surface area (Å²) >= 11 is 0. The number of aliphatic hydroxyl groups is 1. The number of benzene rings is 1. The van der Waals surface area contributed by atoms with Gasteiger partial charge in [0.25, 0.3) is 0 Å². The normalized spacial score (nSPS) is 13.8. The largest absolute Gasteiger partial charge is 0.444 e. The van der Waals surface area contributed by atoms with Gasteiger partial charge < -0.3 is 15.2 Å². The van der Waals surface area contributed by atoms with Crippen LogP contribution in [-0.4, -0.2) is 22.4 Å². The Balaban J connectivity index is 2.87. The molecule has 1 rings (SSSR count). The van der Waals surface area contributed by atoms with Crippen LogP contribution < -0.4 is 5.32 Å². The lowest BCUT2D eigenvalue weighted by Crippen LogP contribution is -2.44. The van der Waals surface area contributed by atoms with Crippen LogP contribution in [0, 0.1) is 0 Å². The number of carbonyl (C=O) groups is 1. The van der Waals surface area contributed by atoms with Crippen molar-refractivity contribution in [2.24, 2.45) is 0 Å². The maximum Gasteiger partial charge on any atom is 0.408 e. The molecule has 0 aliphatic rings. The Hall–Kier alpha value is -1.55. The van der Waals surface area contributed by atoms with Gasteiger partial charge in [-0.15, -0.1) is 0 Å². The Morgan fingerprint density at radius 2 is 1.68 bits per heavy atom. The Morgan fingerprint density at radius 1 is 1.16 bits per heavy atom. The molecule has 0 saturated heterocycles. The summed E-state index contributed by atoms with van der Waals surface area (Å²) in [6, 6.07) is 8.82. The minimum absolute atomic E-state index is 0.524. The molecule has 0 radical (unpaired) electrons. The molecule has 0 aliphatic carbocycles. The van der Waals surface area contributed by atoms with E-state index < -0.39 is 23.3 Å². The van der Waals surface area contributed by atoms with Crippen LogP contribution in [0.3, 0.4) is 0 Å². The predicted molar refractivity (Wildman–Crippen MR) is 74.9 cm³/mol. The number of ether oxygens (including phenoxy) is 1. The van der Waals surface area contributed by atoms with Crippen molar-refractivity contribution in [3.63, 3.8) is 0 Å². The average Bonchev–Trinajstić information content (AvgIpc) is 2.23. The molecule has 0 bridgehead atoms. The number of alkyl carbamates (subject to hydrolysis) is 1. The Kier molecular flexibility index (Phi) is 4.58. The third-order valence-electron chi connectivity index (χ3n) is 2.50. The predicted octanol–water partition coefficient (Wildman–Crippen LogP) is 3.02. The molecular formula is C15H23NO3. The van der Waals surface area contributed by atoms with Crippen LogP contribution in [-0.2, 0) is 4.74 Å². The fraction of sp³-hybridized carbons (Fsp3) is 0.533. The molecule has 0 fully saturated rings. The second-order valence-corrected chi connectivity index (χ2v) is 6.14. The zero-order chi connectivity index (χ0) is 14.7. The molecule has 0 spiro atoms. The second-order valence-electron chi connectivity index (χ2n) is 6.14. The maximum absolute atomic E-state index is 11.8. The van der Waals surface area contributed by atoms with E-state index in [0.717, 1.165) is 5.56 Å². The monoisotopic (exact) mass is 265 g/mol. The molecule has 19 heavy (non-hydrogen) atoms. The van der Waals surface area contributed by atoms with Gasteiger partial charge in [-0.1, -0.05) is 30.3 Å². The summed E-state index contributed by atoms with van der Waals surface area (Å²) in [5.74, 6) is 0. The van der Waals surface area contributed by atoms with Crippen molar-refractivity contribution in [1.29, 1.82) is 0 Å². The fourth-order valence-electron chi connectivity index (χ4n) is 1.74. The lowest BCUT2D eigenvalue weighted by atomic mass is 9.92. The van der Waals surface area contributed by atoms with E-state index in [4.69, 9.17) is 4.74 Å². The smallest absolute Gasteiger partial charge is 0.408 e. The van der Waals surface area contributed by atoms with E-state index in [0.29, 0.717) is 0 Å². The summed E-state index contributed by atoms with van der Waals surface area (Å²) < 4.78 is 5.22. The van der Waals surface area contributed by atoms with Crippen LogP contribution in [0.4, 0.5) is 4.79 Å². The van der Waals surface area contributed by atoms with Gasteiger partial charge >= 0.3 is 6.09 Å². The van der Waals surface area contributed by atoms with Gasteiger partial charge in [-0.05, 0) is 40.2 Å². The van der Waals surface area contributed by atoms with Gasteiger partial charge in [0.05, 0.1) is 11.6 Å². The molecule has 0 heterocycles. The fourth-order valence-corrected chi connectivity index (χ4v) is 1.74. The van der Waals surface area contributed by atoms with Crippen molar-refractivity contribution in [2.45, 2.75) is 51.9 Å². The molecule has 2 N–H and O–H groups in total. The summed E-state index contributed by atoms with van der Waals surface area (Å²) in [6.07, 6.45) is -0.538. The molecule has 1 amide bonds. The van der Waals surface area contributed by atoms with Crippen molar-refractivity contribution in [3.8, 4) is 0 Å². The summed E-state index contributed by atoms with van der Waals surface area (Å²) in [4.78, 5) is 11.8. The molecule has 0 saturated carbocycles. The lowest BCUT2D eigenvalue weighted by Gasteiger charge is -2.31. The summed E-state index contributed by atoms with van der Waals surface area (Å²) in [6.45, 7) is 8.71. The van der Waals surface area contributed by atoms with E-state index in [1.54, 1.807) is 34.6 Å². The first-order valence-corrected chi connectivity index (χ1v) is 6.36. The molecular weight excluding hydrogens is 242 g/mol. The van der Waals surface area contributed by atoms with Gasteiger partial charge in [0.15, 0.2) is 0 Å². The molecule has 0 aromatic heterocycles. The first-order chi connectivity index (χ1) is 8.59. The minimum Gasteiger partial charge on any atom is -0.444 e. The summed E-state index contributed by atoms with van der Waals surface area (Å²) in [5, 5.41) is 12.9. The highest BCUT2D eigenvalue weighted by Gasteiger charge is 2.31. The number of carbonyl (C=O) groups excluding carboxylic acids is 1. The Bertz CT molecular complexity index is 415. The van der Waals surface area contributed by atoms with E-state index in [1.807, 2.05) is 30.3 Å². The van der Waals surface area contributed by atoms with Gasteiger partial charge in [0, 0.05) is 0 Å². The highest BCUT2D eigenvalue weighted by molar-refractivity contribution is 5.68. The quantitative estimate of drug-likeness (QED) is 0.883. The maximum atomic E-state index is 11.8. The van der Waals surface area contributed by atoms with Crippen molar-refractivity contribution in [1.82, 2.24) is 5.32 Å². The molecule has 4 heteroatoms. The van der Waals surface area contributed by atoms with Crippen LogP contribution in [0.25, 0.3) is 0 Å². The Labute approximate surface area is 114 Å². The zero-order valence-corrected chi connectivity index (χ0v) is 12.2. The van der Waals surface area contributed by atoms with Gasteiger partial charge in [0.2, 0.25) is 0 Å². The molecule has 106 valence electrons. The molecule has 1 aromatic rings. The molecule has 1 aromatic carbocycles. The van der Waals surface area contributed by atoms with Gasteiger partial charge in [-0.25, -0.2) is 4.79 Å². The van der Waals surface area contributed by atoms with Crippen LogP contribution in [0.2, 0.25) is 0 Å². The van der Waals surface area contributed by atoms with E-state index >= 15 is 0 Å². The number of hydrogen-bond donors (Lipinski definition) is 2. The van der Waals surface area contributed by atoms with Crippen LogP contribution in [0.15, 0.2) is 30.3 Å². The SMILES string of the molecule is CC(C)(C)OC(=O)N[C@H](c1ccccc1)C(C)(C)O. The zero-order valence-electron chi connectivity index (χ0n) is 12.2. The first-order valence-electron chi connectivity index (χ1n) is 6.36. The first kappa shape index (κ1) is 15.5. The van der Waals surface area contributed by atoms with E-state index in [2.05, 4.69) is 5.32 Å². The highest BCUT2D eigenvalue weighted by atomic mass is 16.6. The number of nitrogens with one attached hydrogen (secondary N) is 1. The molecule has 0 unspecified atom stereocenters. The second kappa shape index (κ2) is 5.61. The van der Waals surface area contributed by atoms with Crippen molar-refractivity contribution < 1.29 is 14.6 Å². The third kappa shape index (κ3) is 5.30. The topological polar surface area (TPSA) is 58.6 Å².